The van der Waals surface area contributed by atoms with Gasteiger partial charge in [-0.2, -0.15) is 10.2 Å². The molecule has 0 radical (unpaired) electrons. The summed E-state index contributed by atoms with van der Waals surface area (Å²) in [5, 5.41) is 17.2. The van der Waals surface area contributed by atoms with Crippen LogP contribution in [0.15, 0.2) is 58.8 Å². The van der Waals surface area contributed by atoms with E-state index in [1.807, 2.05) is 36.2 Å². The Morgan fingerprint density at radius 2 is 1.52 bits per heavy atom. The maximum absolute atomic E-state index is 10.6. The van der Waals surface area contributed by atoms with Crippen LogP contribution < -0.4 is 4.90 Å². The van der Waals surface area contributed by atoms with Crippen molar-refractivity contribution in [3.05, 3.63) is 54.1 Å². The van der Waals surface area contributed by atoms with Crippen molar-refractivity contribution in [1.29, 1.82) is 0 Å². The summed E-state index contributed by atoms with van der Waals surface area (Å²) < 4.78 is 0. The number of rotatable bonds is 6. The number of aldehydes is 1. The van der Waals surface area contributed by atoms with Crippen molar-refractivity contribution >= 4 is 23.3 Å². The van der Waals surface area contributed by atoms with Crippen LogP contribution in [-0.2, 0) is 0 Å². The molecular weight excluding hydrogens is 266 g/mol. The van der Waals surface area contributed by atoms with E-state index in [1.165, 1.54) is 0 Å². The summed E-state index contributed by atoms with van der Waals surface area (Å²) in [6, 6.07) is 14.5. The van der Waals surface area contributed by atoms with Crippen LogP contribution in [0.25, 0.3) is 0 Å². The zero-order valence-electron chi connectivity index (χ0n) is 11.8. The third-order valence-corrected chi connectivity index (χ3v) is 3.04. The molecule has 2 aromatic rings. The fraction of sp³-hybridized carbons (Fsp3) is 0.188. The molecule has 1 N–H and O–H groups in total. The lowest BCUT2D eigenvalue weighted by Gasteiger charge is -2.17. The van der Waals surface area contributed by atoms with Crippen LogP contribution in [0.4, 0.5) is 17.1 Å². The van der Waals surface area contributed by atoms with Gasteiger partial charge >= 0.3 is 0 Å². The van der Waals surface area contributed by atoms with Gasteiger partial charge in [-0.25, -0.2) is 0 Å². The Labute approximate surface area is 123 Å². The SMILES string of the molecule is CN(CCO)c1ccc(N=Nc2ccc(C=O)cc2)cc1. The first-order valence-corrected chi connectivity index (χ1v) is 6.62. The second-order valence-electron chi connectivity index (χ2n) is 4.57. The molecule has 5 heteroatoms. The van der Waals surface area contributed by atoms with Crippen molar-refractivity contribution in [1.82, 2.24) is 0 Å². The molecule has 0 saturated carbocycles. The highest BCUT2D eigenvalue weighted by atomic mass is 16.3. The zero-order valence-corrected chi connectivity index (χ0v) is 11.8. The van der Waals surface area contributed by atoms with Crippen LogP contribution in [0.2, 0.25) is 0 Å². The Morgan fingerprint density at radius 1 is 1.00 bits per heavy atom. The van der Waals surface area contributed by atoms with Gasteiger partial charge in [0.25, 0.3) is 0 Å². The molecule has 0 aliphatic carbocycles. The predicted octanol–water partition coefficient (Wildman–Crippen LogP) is 3.34. The van der Waals surface area contributed by atoms with Gasteiger partial charge in [0, 0.05) is 24.8 Å². The number of aliphatic hydroxyl groups excluding tert-OH is 1. The lowest BCUT2D eigenvalue weighted by molar-refractivity contribution is 0.112. The topological polar surface area (TPSA) is 65.3 Å². The first-order valence-electron chi connectivity index (χ1n) is 6.62. The summed E-state index contributed by atoms with van der Waals surface area (Å²) in [5.41, 5.74) is 3.07. The molecule has 5 nitrogen and oxygen atoms in total. The van der Waals surface area contributed by atoms with Gasteiger partial charge in [0.2, 0.25) is 0 Å². The molecule has 2 rings (SSSR count). The van der Waals surface area contributed by atoms with Gasteiger partial charge in [0.05, 0.1) is 18.0 Å². The molecule has 0 fully saturated rings. The molecule has 0 heterocycles. The molecule has 0 spiro atoms. The first kappa shape index (κ1) is 14.9. The third-order valence-electron chi connectivity index (χ3n) is 3.04. The molecule has 21 heavy (non-hydrogen) atoms. The fourth-order valence-corrected chi connectivity index (χ4v) is 1.79. The first-order chi connectivity index (χ1) is 10.2. The fourth-order valence-electron chi connectivity index (χ4n) is 1.79. The zero-order chi connectivity index (χ0) is 15.1. The third kappa shape index (κ3) is 4.22. The van der Waals surface area contributed by atoms with E-state index in [0.29, 0.717) is 17.8 Å². The van der Waals surface area contributed by atoms with Gasteiger partial charge in [-0.3, -0.25) is 4.79 Å². The maximum atomic E-state index is 10.6. The van der Waals surface area contributed by atoms with Crippen LogP contribution >= 0.6 is 0 Å². The number of carbonyl (C=O) groups is 1. The van der Waals surface area contributed by atoms with E-state index in [0.717, 1.165) is 17.7 Å². The Hall–Kier alpha value is -2.53. The minimum Gasteiger partial charge on any atom is -0.395 e. The predicted molar refractivity (Wildman–Crippen MR) is 82.8 cm³/mol. The normalized spacial score (nSPS) is 10.8. The number of hydrogen-bond acceptors (Lipinski definition) is 5. The summed E-state index contributed by atoms with van der Waals surface area (Å²) in [7, 11) is 1.92. The van der Waals surface area contributed by atoms with Crippen LogP contribution in [0, 0.1) is 0 Å². The van der Waals surface area contributed by atoms with Crippen LogP contribution in [-0.4, -0.2) is 31.6 Å². The van der Waals surface area contributed by atoms with Crippen molar-refractivity contribution < 1.29 is 9.90 Å². The van der Waals surface area contributed by atoms with Crippen LogP contribution in [0.5, 0.6) is 0 Å². The van der Waals surface area contributed by atoms with E-state index in [9.17, 15) is 4.79 Å². The van der Waals surface area contributed by atoms with E-state index in [2.05, 4.69) is 10.2 Å². The average Bonchev–Trinajstić information content (AvgIpc) is 2.54. The smallest absolute Gasteiger partial charge is 0.150 e. The number of likely N-dealkylation sites (N-methyl/N-ethyl adjacent to an activating group) is 1. The molecule has 0 saturated heterocycles. The van der Waals surface area contributed by atoms with E-state index >= 15 is 0 Å². The Kier molecular flexibility index (Phi) is 5.17. The quantitative estimate of drug-likeness (QED) is 0.653. The number of azo groups is 1. The largest absolute Gasteiger partial charge is 0.395 e. The highest BCUT2D eigenvalue weighted by molar-refractivity contribution is 5.75. The number of benzene rings is 2. The van der Waals surface area contributed by atoms with E-state index in [4.69, 9.17) is 5.11 Å². The monoisotopic (exact) mass is 283 g/mol. The second-order valence-corrected chi connectivity index (χ2v) is 4.57. The highest BCUT2D eigenvalue weighted by Gasteiger charge is 1.99. The summed E-state index contributed by atoms with van der Waals surface area (Å²) >= 11 is 0. The maximum Gasteiger partial charge on any atom is 0.150 e. The number of hydrogen-bond donors (Lipinski definition) is 1. The Bertz CT molecular complexity index is 606. The van der Waals surface area contributed by atoms with E-state index < -0.39 is 0 Å². The van der Waals surface area contributed by atoms with Gasteiger partial charge in [0.1, 0.15) is 6.29 Å². The summed E-state index contributed by atoms with van der Waals surface area (Å²) in [6.45, 7) is 0.707. The Morgan fingerprint density at radius 3 is 2.00 bits per heavy atom. The van der Waals surface area contributed by atoms with E-state index in [1.54, 1.807) is 24.3 Å². The van der Waals surface area contributed by atoms with Crippen LogP contribution in [0.1, 0.15) is 10.4 Å². The Balaban J connectivity index is 2.05. The van der Waals surface area contributed by atoms with Crippen molar-refractivity contribution in [2.75, 3.05) is 25.1 Å². The second kappa shape index (κ2) is 7.31. The van der Waals surface area contributed by atoms with Crippen LogP contribution in [0.3, 0.4) is 0 Å². The molecule has 0 aromatic heterocycles. The standard InChI is InChI=1S/C16H17N3O2/c1-19(10-11-20)16-8-6-15(7-9-16)18-17-14-4-2-13(12-21)3-5-14/h2-9,12,20H,10-11H2,1H3. The highest BCUT2D eigenvalue weighted by Crippen LogP contribution is 2.21. The minimum atomic E-state index is 0.120. The average molecular weight is 283 g/mol. The minimum absolute atomic E-state index is 0.120. The van der Waals surface area contributed by atoms with Crippen molar-refractivity contribution in [2.24, 2.45) is 10.2 Å². The lowest BCUT2D eigenvalue weighted by atomic mass is 10.2. The molecule has 2 aromatic carbocycles. The van der Waals surface area contributed by atoms with Gasteiger partial charge in [-0.05, 0) is 48.5 Å². The van der Waals surface area contributed by atoms with Crippen molar-refractivity contribution in [2.45, 2.75) is 0 Å². The van der Waals surface area contributed by atoms with Crippen molar-refractivity contribution in [3.63, 3.8) is 0 Å². The molecule has 0 aliphatic heterocycles. The lowest BCUT2D eigenvalue weighted by Crippen LogP contribution is -2.20. The number of anilines is 1. The molecule has 0 amide bonds. The number of aliphatic hydroxyl groups is 1. The van der Waals surface area contributed by atoms with Gasteiger partial charge < -0.3 is 10.0 Å². The summed E-state index contributed by atoms with van der Waals surface area (Å²) in [5.74, 6) is 0. The molecule has 0 atom stereocenters. The van der Waals surface area contributed by atoms with E-state index in [-0.39, 0.29) is 6.61 Å². The molecule has 0 aliphatic rings. The molecule has 0 unspecified atom stereocenters. The van der Waals surface area contributed by atoms with Gasteiger partial charge in [-0.1, -0.05) is 0 Å². The van der Waals surface area contributed by atoms with Gasteiger partial charge in [-0.15, -0.1) is 0 Å². The number of nitrogens with zero attached hydrogens (tertiary/aromatic N) is 3. The molecule has 108 valence electrons. The van der Waals surface area contributed by atoms with Crippen molar-refractivity contribution in [3.8, 4) is 0 Å². The summed E-state index contributed by atoms with van der Waals surface area (Å²) in [6.07, 6.45) is 0.794. The van der Waals surface area contributed by atoms with Gasteiger partial charge in [0.15, 0.2) is 0 Å². The number of carbonyl (C=O) groups excluding carboxylic acids is 1. The molecular formula is C16H17N3O2. The summed E-state index contributed by atoms with van der Waals surface area (Å²) in [4.78, 5) is 12.5. The molecule has 0 bridgehead atoms.